The minimum Gasteiger partial charge on any atom is -0.316 e. The van der Waals surface area contributed by atoms with Crippen molar-refractivity contribution in [3.05, 3.63) is 0 Å². The van der Waals surface area contributed by atoms with E-state index in [1.165, 1.54) is 38.6 Å². The molecule has 1 heteroatoms. The summed E-state index contributed by atoms with van der Waals surface area (Å²) in [7, 11) is 0. The Morgan fingerprint density at radius 1 is 0.938 bits per heavy atom. The van der Waals surface area contributed by atoms with Gasteiger partial charge in [-0.25, -0.2) is 0 Å². The van der Waals surface area contributed by atoms with Crippen LogP contribution in [0.25, 0.3) is 0 Å². The molecule has 0 aliphatic carbocycles. The van der Waals surface area contributed by atoms with Crippen LogP contribution < -0.4 is 5.32 Å². The molecule has 0 aromatic heterocycles. The first-order valence-electron chi connectivity index (χ1n) is 6.97. The van der Waals surface area contributed by atoms with E-state index in [0.29, 0.717) is 10.8 Å². The molecular formula is C15H35N. The lowest BCUT2D eigenvalue weighted by Gasteiger charge is -2.22. The van der Waals surface area contributed by atoms with Gasteiger partial charge in [0.1, 0.15) is 0 Å². The minimum atomic E-state index is 0. The molecule has 1 N–H and O–H groups in total. The highest BCUT2D eigenvalue weighted by molar-refractivity contribution is 4.67. The molecule has 0 rings (SSSR count). The maximum absolute atomic E-state index is 3.54. The molecule has 0 radical (unpaired) electrons. The van der Waals surface area contributed by atoms with E-state index in [0.717, 1.165) is 6.54 Å². The van der Waals surface area contributed by atoms with Crippen LogP contribution in [0.5, 0.6) is 0 Å². The van der Waals surface area contributed by atoms with Crippen LogP contribution in [0.2, 0.25) is 0 Å². The molecule has 0 aliphatic rings. The lowest BCUT2D eigenvalue weighted by atomic mass is 9.84. The Labute approximate surface area is 105 Å². The molecule has 0 aromatic rings. The summed E-state index contributed by atoms with van der Waals surface area (Å²) in [6.07, 6.45) is 6.77. The topological polar surface area (TPSA) is 12.0 Å². The van der Waals surface area contributed by atoms with Crippen molar-refractivity contribution in [2.24, 2.45) is 10.8 Å². The predicted octanol–water partition coefficient (Wildman–Crippen LogP) is 4.86. The summed E-state index contributed by atoms with van der Waals surface area (Å²) in [5.74, 6) is 0. The second-order valence-electron chi connectivity index (χ2n) is 7.07. The quantitative estimate of drug-likeness (QED) is 0.586. The van der Waals surface area contributed by atoms with Crippen LogP contribution in [0.3, 0.4) is 0 Å². The maximum atomic E-state index is 3.54. The summed E-state index contributed by atoms with van der Waals surface area (Å²) >= 11 is 0. The first-order chi connectivity index (χ1) is 7.27. The Morgan fingerprint density at radius 3 is 2.06 bits per heavy atom. The fourth-order valence-electron chi connectivity index (χ4n) is 1.67. The highest BCUT2D eigenvalue weighted by atomic mass is 14.9. The van der Waals surface area contributed by atoms with E-state index in [1.807, 2.05) is 0 Å². The molecule has 0 aromatic carbocycles. The van der Waals surface area contributed by atoms with Crippen LogP contribution >= 0.6 is 0 Å². The molecule has 0 spiro atoms. The lowest BCUT2D eigenvalue weighted by Crippen LogP contribution is -2.27. The van der Waals surface area contributed by atoms with Crippen molar-refractivity contribution >= 4 is 0 Å². The normalized spacial score (nSPS) is 13.1. The van der Waals surface area contributed by atoms with Crippen LogP contribution in [-0.4, -0.2) is 13.1 Å². The van der Waals surface area contributed by atoms with Gasteiger partial charge in [0.2, 0.25) is 0 Å². The van der Waals surface area contributed by atoms with Crippen molar-refractivity contribution in [3.63, 3.8) is 0 Å². The van der Waals surface area contributed by atoms with Crippen LogP contribution in [0.4, 0.5) is 0 Å². The molecule has 0 heterocycles. The molecule has 0 saturated carbocycles. The minimum absolute atomic E-state index is 0. The summed E-state index contributed by atoms with van der Waals surface area (Å²) < 4.78 is 0. The van der Waals surface area contributed by atoms with Gasteiger partial charge in [0.05, 0.1) is 0 Å². The van der Waals surface area contributed by atoms with Crippen LogP contribution in [0, 0.1) is 10.8 Å². The Hall–Kier alpha value is -0.0400. The van der Waals surface area contributed by atoms with Gasteiger partial charge in [-0.3, -0.25) is 0 Å². The molecule has 0 amide bonds. The van der Waals surface area contributed by atoms with Gasteiger partial charge >= 0.3 is 0 Å². The molecule has 0 fully saturated rings. The first kappa shape index (κ1) is 16.0. The predicted molar refractivity (Wildman–Crippen MR) is 77.0 cm³/mol. The van der Waals surface area contributed by atoms with Gasteiger partial charge in [0.25, 0.3) is 0 Å². The molecular weight excluding hydrogens is 194 g/mol. The van der Waals surface area contributed by atoms with Gasteiger partial charge in [0, 0.05) is 1.43 Å². The molecule has 0 atom stereocenters. The molecule has 1 nitrogen and oxygen atoms in total. The van der Waals surface area contributed by atoms with Crippen molar-refractivity contribution in [1.29, 1.82) is 0 Å². The number of hydrogen-bond acceptors (Lipinski definition) is 1. The van der Waals surface area contributed by atoms with E-state index in [-0.39, 0.29) is 1.43 Å². The molecule has 0 bridgehead atoms. The molecule has 0 aliphatic heterocycles. The fraction of sp³-hybridized carbons (Fsp3) is 1.00. The zero-order valence-electron chi connectivity index (χ0n) is 12.4. The van der Waals surface area contributed by atoms with Gasteiger partial charge in [0.15, 0.2) is 0 Å². The summed E-state index contributed by atoms with van der Waals surface area (Å²) in [4.78, 5) is 0. The Morgan fingerprint density at radius 2 is 1.56 bits per heavy atom. The Kier molecular flexibility index (Phi) is 7.30. The number of unbranched alkanes of at least 4 members (excludes halogenated alkanes) is 2. The van der Waals surface area contributed by atoms with Gasteiger partial charge in [-0.15, -0.1) is 0 Å². The van der Waals surface area contributed by atoms with Crippen LogP contribution in [0.15, 0.2) is 0 Å². The third-order valence-electron chi connectivity index (χ3n) is 3.32. The van der Waals surface area contributed by atoms with Gasteiger partial charge in [-0.05, 0) is 36.8 Å². The standard InChI is InChI=1S/C15H33N.H2/c1-7-15(5,6)11-9-8-10-12-16-13-14(2,3)4;/h16H,7-13H2,1-6H3;1H. The van der Waals surface area contributed by atoms with Gasteiger partial charge < -0.3 is 5.32 Å². The molecule has 0 unspecified atom stereocenters. The highest BCUT2D eigenvalue weighted by Crippen LogP contribution is 2.26. The average Bonchev–Trinajstić information content (AvgIpc) is 2.14. The zero-order valence-corrected chi connectivity index (χ0v) is 12.4. The summed E-state index contributed by atoms with van der Waals surface area (Å²) in [5, 5.41) is 3.54. The van der Waals surface area contributed by atoms with E-state index in [9.17, 15) is 0 Å². The molecule has 100 valence electrons. The van der Waals surface area contributed by atoms with Crippen molar-refractivity contribution in [2.75, 3.05) is 13.1 Å². The zero-order chi connectivity index (χ0) is 12.7. The lowest BCUT2D eigenvalue weighted by molar-refractivity contribution is 0.306. The van der Waals surface area contributed by atoms with Crippen molar-refractivity contribution < 1.29 is 1.43 Å². The third-order valence-corrected chi connectivity index (χ3v) is 3.32. The molecule has 0 saturated heterocycles. The monoisotopic (exact) mass is 229 g/mol. The van der Waals surface area contributed by atoms with Crippen molar-refractivity contribution in [3.8, 4) is 0 Å². The van der Waals surface area contributed by atoms with Crippen LogP contribution in [0.1, 0.15) is 75.1 Å². The SMILES string of the molecule is CCC(C)(C)CCCCCNCC(C)(C)C.[HH]. The van der Waals surface area contributed by atoms with Crippen LogP contribution in [-0.2, 0) is 0 Å². The highest BCUT2D eigenvalue weighted by Gasteiger charge is 2.13. The number of hydrogen-bond donors (Lipinski definition) is 1. The Balaban J connectivity index is 0. The average molecular weight is 229 g/mol. The number of rotatable bonds is 8. The van der Waals surface area contributed by atoms with E-state index < -0.39 is 0 Å². The van der Waals surface area contributed by atoms with Crippen molar-refractivity contribution in [2.45, 2.75) is 73.6 Å². The van der Waals surface area contributed by atoms with E-state index >= 15 is 0 Å². The fourth-order valence-corrected chi connectivity index (χ4v) is 1.67. The Bertz CT molecular complexity index is 170. The van der Waals surface area contributed by atoms with E-state index in [4.69, 9.17) is 0 Å². The van der Waals surface area contributed by atoms with Crippen molar-refractivity contribution in [1.82, 2.24) is 5.32 Å². The number of nitrogens with one attached hydrogen (secondary N) is 1. The van der Waals surface area contributed by atoms with E-state index in [2.05, 4.69) is 46.9 Å². The third kappa shape index (κ3) is 10.5. The van der Waals surface area contributed by atoms with E-state index in [1.54, 1.807) is 0 Å². The first-order valence-corrected chi connectivity index (χ1v) is 6.97. The second kappa shape index (κ2) is 7.32. The van der Waals surface area contributed by atoms with Gasteiger partial charge in [-0.1, -0.05) is 60.8 Å². The largest absolute Gasteiger partial charge is 0.316 e. The molecule has 16 heavy (non-hydrogen) atoms. The summed E-state index contributed by atoms with van der Waals surface area (Å²) in [5.41, 5.74) is 0.975. The smallest absolute Gasteiger partial charge is 0 e. The summed E-state index contributed by atoms with van der Waals surface area (Å²) in [6.45, 7) is 16.2. The van der Waals surface area contributed by atoms with Gasteiger partial charge in [-0.2, -0.15) is 0 Å². The second-order valence-corrected chi connectivity index (χ2v) is 7.07. The maximum Gasteiger partial charge on any atom is 0 e. The summed E-state index contributed by atoms with van der Waals surface area (Å²) in [6, 6.07) is 0.